The largest absolute Gasteiger partial charge is 0.337 e. The lowest BCUT2D eigenvalue weighted by Gasteiger charge is -2.36. The highest BCUT2D eigenvalue weighted by Crippen LogP contribution is 2.39. The number of hydrogen-bond acceptors (Lipinski definition) is 4. The van der Waals surface area contributed by atoms with E-state index in [-0.39, 0.29) is 11.5 Å². The summed E-state index contributed by atoms with van der Waals surface area (Å²) in [6.45, 7) is 7.55. The molecule has 3 rings (SSSR count). The zero-order valence-electron chi connectivity index (χ0n) is 12.6. The number of hydrogen-bond donors (Lipinski definition) is 1. The van der Waals surface area contributed by atoms with E-state index in [9.17, 15) is 0 Å². The lowest BCUT2D eigenvalue weighted by atomic mass is 9.77. The molecule has 0 bridgehead atoms. The molecule has 1 atom stereocenters. The van der Waals surface area contributed by atoms with Crippen molar-refractivity contribution < 1.29 is 4.52 Å². The molecule has 1 saturated heterocycles. The van der Waals surface area contributed by atoms with Crippen LogP contribution >= 0.6 is 15.9 Å². The van der Waals surface area contributed by atoms with Crippen LogP contribution in [0.1, 0.15) is 44.2 Å². The highest BCUT2D eigenvalue weighted by atomic mass is 79.9. The van der Waals surface area contributed by atoms with Crippen molar-refractivity contribution in [3.05, 3.63) is 34.1 Å². The molecule has 4 nitrogen and oxygen atoms in total. The third kappa shape index (κ3) is 2.90. The molecular weight excluding hydrogens is 330 g/mol. The van der Waals surface area contributed by atoms with Crippen LogP contribution in [-0.2, 0) is 0 Å². The fraction of sp³-hybridized carbons (Fsp3) is 0.500. The first-order valence-electron chi connectivity index (χ1n) is 7.31. The fourth-order valence-corrected chi connectivity index (χ4v) is 3.45. The second kappa shape index (κ2) is 5.54. The van der Waals surface area contributed by atoms with Gasteiger partial charge >= 0.3 is 0 Å². The summed E-state index contributed by atoms with van der Waals surface area (Å²) in [5.41, 5.74) is 2.28. The number of halogens is 1. The maximum atomic E-state index is 5.54. The molecule has 1 fully saturated rings. The van der Waals surface area contributed by atoms with E-state index in [0.29, 0.717) is 11.7 Å². The Labute approximate surface area is 133 Å². The second-order valence-corrected chi connectivity index (χ2v) is 7.31. The summed E-state index contributed by atoms with van der Waals surface area (Å²) in [6, 6.07) is 6.21. The zero-order valence-corrected chi connectivity index (χ0v) is 14.2. The Balaban J connectivity index is 1.93. The van der Waals surface area contributed by atoms with Crippen LogP contribution in [0.3, 0.4) is 0 Å². The average molecular weight is 350 g/mol. The Morgan fingerprint density at radius 1 is 1.38 bits per heavy atom. The summed E-state index contributed by atoms with van der Waals surface area (Å²) < 4.78 is 6.60. The van der Waals surface area contributed by atoms with Crippen molar-refractivity contribution in [2.24, 2.45) is 5.41 Å². The Morgan fingerprint density at radius 2 is 2.19 bits per heavy atom. The first-order valence-corrected chi connectivity index (χ1v) is 8.10. The van der Waals surface area contributed by atoms with Gasteiger partial charge in [-0.25, -0.2) is 0 Å². The summed E-state index contributed by atoms with van der Waals surface area (Å²) in [4.78, 5) is 4.63. The maximum absolute atomic E-state index is 5.54. The summed E-state index contributed by atoms with van der Waals surface area (Å²) in [5.74, 6) is 1.36. The van der Waals surface area contributed by atoms with Crippen molar-refractivity contribution >= 4 is 15.9 Å². The number of aromatic nitrogens is 2. The van der Waals surface area contributed by atoms with Crippen molar-refractivity contribution in [2.45, 2.75) is 39.7 Å². The van der Waals surface area contributed by atoms with Gasteiger partial charge in [0.25, 0.3) is 0 Å². The van der Waals surface area contributed by atoms with Crippen LogP contribution in [0.25, 0.3) is 11.4 Å². The lowest BCUT2D eigenvalue weighted by molar-refractivity contribution is 0.146. The fourth-order valence-electron chi connectivity index (χ4n) is 2.97. The highest BCUT2D eigenvalue weighted by molar-refractivity contribution is 9.10. The van der Waals surface area contributed by atoms with Gasteiger partial charge in [-0.3, -0.25) is 0 Å². The zero-order chi connectivity index (χ0) is 15.0. The molecule has 0 amide bonds. The molecule has 2 heterocycles. The van der Waals surface area contributed by atoms with Gasteiger partial charge in [0.1, 0.15) is 0 Å². The number of nitrogens with zero attached hydrogens (tertiary/aromatic N) is 2. The van der Waals surface area contributed by atoms with Crippen molar-refractivity contribution in [3.63, 3.8) is 0 Å². The molecular formula is C16H20BrN3O. The molecule has 21 heavy (non-hydrogen) atoms. The third-order valence-corrected chi connectivity index (χ3v) is 4.74. The van der Waals surface area contributed by atoms with Gasteiger partial charge in [-0.15, -0.1) is 0 Å². The number of piperidine rings is 1. The molecule has 1 unspecified atom stereocenters. The van der Waals surface area contributed by atoms with Crippen LogP contribution in [-0.4, -0.2) is 16.7 Å². The van der Waals surface area contributed by atoms with Crippen molar-refractivity contribution in [1.29, 1.82) is 0 Å². The van der Waals surface area contributed by atoms with E-state index in [0.717, 1.165) is 22.1 Å². The van der Waals surface area contributed by atoms with E-state index >= 15 is 0 Å². The van der Waals surface area contributed by atoms with Gasteiger partial charge in [0.2, 0.25) is 11.7 Å². The number of nitrogens with one attached hydrogen (secondary N) is 1. The van der Waals surface area contributed by atoms with Crippen molar-refractivity contribution in [1.82, 2.24) is 15.5 Å². The topological polar surface area (TPSA) is 51.0 Å². The van der Waals surface area contributed by atoms with Gasteiger partial charge in [0.15, 0.2) is 0 Å². The van der Waals surface area contributed by atoms with Crippen LogP contribution in [0, 0.1) is 12.3 Å². The van der Waals surface area contributed by atoms with Gasteiger partial charge in [0.05, 0.1) is 6.04 Å². The van der Waals surface area contributed by atoms with Crippen LogP contribution < -0.4 is 5.32 Å². The first kappa shape index (κ1) is 14.7. The molecule has 1 N–H and O–H groups in total. The Hall–Kier alpha value is -1.20. The molecule has 0 aliphatic carbocycles. The summed E-state index contributed by atoms with van der Waals surface area (Å²) in [6.07, 6.45) is 2.36. The molecule has 5 heteroatoms. The van der Waals surface area contributed by atoms with Crippen molar-refractivity contribution in [2.75, 3.05) is 6.54 Å². The van der Waals surface area contributed by atoms with Crippen LogP contribution in [0.15, 0.2) is 27.2 Å². The van der Waals surface area contributed by atoms with Gasteiger partial charge in [-0.2, -0.15) is 4.98 Å². The van der Waals surface area contributed by atoms with E-state index in [4.69, 9.17) is 4.52 Å². The summed E-state index contributed by atoms with van der Waals surface area (Å²) in [7, 11) is 0. The molecule has 1 aromatic heterocycles. The molecule has 0 radical (unpaired) electrons. The van der Waals surface area contributed by atoms with Gasteiger partial charge in [-0.1, -0.05) is 34.9 Å². The quantitative estimate of drug-likeness (QED) is 0.879. The first-order chi connectivity index (χ1) is 9.97. The SMILES string of the molecule is Cc1cc(Br)ccc1-c1noc(C2NCCCC2(C)C)n1. The van der Waals surface area contributed by atoms with Gasteiger partial charge in [-0.05, 0) is 55.5 Å². The molecule has 112 valence electrons. The summed E-state index contributed by atoms with van der Waals surface area (Å²) in [5, 5.41) is 7.69. The molecule has 2 aromatic rings. The minimum absolute atomic E-state index is 0.128. The van der Waals surface area contributed by atoms with E-state index in [1.165, 1.54) is 12.8 Å². The van der Waals surface area contributed by atoms with Gasteiger partial charge in [0, 0.05) is 10.0 Å². The Kier molecular flexibility index (Phi) is 3.88. The predicted octanol–water partition coefficient (Wildman–Crippen LogP) is 4.26. The minimum Gasteiger partial charge on any atom is -0.337 e. The van der Waals surface area contributed by atoms with E-state index in [1.807, 2.05) is 12.1 Å². The van der Waals surface area contributed by atoms with E-state index in [1.54, 1.807) is 0 Å². The monoisotopic (exact) mass is 349 g/mol. The molecule has 0 spiro atoms. The van der Waals surface area contributed by atoms with Crippen LogP contribution in [0.4, 0.5) is 0 Å². The number of rotatable bonds is 2. The van der Waals surface area contributed by atoms with E-state index in [2.05, 4.69) is 58.2 Å². The van der Waals surface area contributed by atoms with Crippen molar-refractivity contribution in [3.8, 4) is 11.4 Å². The van der Waals surface area contributed by atoms with E-state index < -0.39 is 0 Å². The third-order valence-electron chi connectivity index (χ3n) is 4.25. The second-order valence-electron chi connectivity index (χ2n) is 6.39. The molecule has 1 aliphatic rings. The number of aryl methyl sites for hydroxylation is 1. The normalized spacial score (nSPS) is 21.4. The number of benzene rings is 1. The lowest BCUT2D eigenvalue weighted by Crippen LogP contribution is -2.39. The Morgan fingerprint density at radius 3 is 2.90 bits per heavy atom. The minimum atomic E-state index is 0.128. The predicted molar refractivity (Wildman–Crippen MR) is 85.9 cm³/mol. The molecule has 1 aliphatic heterocycles. The average Bonchev–Trinajstić information content (AvgIpc) is 2.87. The maximum Gasteiger partial charge on any atom is 0.244 e. The molecule has 0 saturated carbocycles. The summed E-state index contributed by atoms with van der Waals surface area (Å²) >= 11 is 3.48. The standard InChI is InChI=1S/C16H20BrN3O/c1-10-9-11(17)5-6-12(10)14-19-15(21-20-14)13-16(2,3)7-4-8-18-13/h5-6,9,13,18H,4,7-8H2,1-3H3. The van der Waals surface area contributed by atoms with Crippen LogP contribution in [0.5, 0.6) is 0 Å². The van der Waals surface area contributed by atoms with Gasteiger partial charge < -0.3 is 9.84 Å². The highest BCUT2D eigenvalue weighted by Gasteiger charge is 2.37. The smallest absolute Gasteiger partial charge is 0.244 e. The Bertz CT molecular complexity index is 651. The van der Waals surface area contributed by atoms with Crippen LogP contribution in [0.2, 0.25) is 0 Å². The molecule has 1 aromatic carbocycles.